The van der Waals surface area contributed by atoms with Crippen molar-refractivity contribution in [3.63, 3.8) is 0 Å². The fraction of sp³-hybridized carbons (Fsp3) is 0.643. The lowest BCUT2D eigenvalue weighted by Gasteiger charge is -2.37. The monoisotopic (exact) mass is 600 g/mol. The summed E-state index contributed by atoms with van der Waals surface area (Å²) in [5, 5.41) is 0. The number of rotatable bonds is 26. The normalized spacial score (nSPS) is 13.6. The zero-order valence-electron chi connectivity index (χ0n) is 29.0. The average molecular weight is 600 g/mol. The first-order chi connectivity index (χ1) is 21.7. The van der Waals surface area contributed by atoms with E-state index in [1.807, 2.05) is 0 Å². The molecule has 1 heterocycles. The highest BCUT2D eigenvalue weighted by molar-refractivity contribution is 5.30. The molecule has 0 spiro atoms. The molecule has 0 aliphatic heterocycles. The second-order valence-electron chi connectivity index (χ2n) is 13.9. The number of nitrogens with zero attached hydrogens (tertiary/aromatic N) is 2. The Morgan fingerprint density at radius 1 is 0.591 bits per heavy atom. The van der Waals surface area contributed by atoms with Crippen molar-refractivity contribution < 1.29 is 4.57 Å². The maximum absolute atomic E-state index is 2.58. The predicted molar refractivity (Wildman–Crippen MR) is 191 cm³/mol. The molecule has 0 aliphatic carbocycles. The molecule has 0 fully saturated rings. The first-order valence-electron chi connectivity index (χ1n) is 18.8. The van der Waals surface area contributed by atoms with Crippen LogP contribution in [-0.4, -0.2) is 4.57 Å². The van der Waals surface area contributed by atoms with Crippen molar-refractivity contribution in [2.45, 2.75) is 174 Å². The van der Waals surface area contributed by atoms with Crippen LogP contribution in [0.4, 0.5) is 0 Å². The number of hydrogen-bond acceptors (Lipinski definition) is 0. The molecule has 44 heavy (non-hydrogen) atoms. The fourth-order valence-electron chi connectivity index (χ4n) is 7.21. The lowest BCUT2D eigenvalue weighted by Crippen LogP contribution is -2.38. The van der Waals surface area contributed by atoms with Gasteiger partial charge in [0.05, 0.1) is 6.54 Å². The molecule has 0 amide bonds. The minimum absolute atomic E-state index is 0.0104. The summed E-state index contributed by atoms with van der Waals surface area (Å²) in [5.41, 5.74) is 2.90. The SMILES string of the molecule is CCCCCCCCCCCCCCC(n1cc[n+](CCCCCCCCC)c1)C(C)(Cc1ccccc1)c1ccccc1. The van der Waals surface area contributed by atoms with Gasteiger partial charge in [0.15, 0.2) is 0 Å². The molecule has 0 saturated carbocycles. The third-order valence-electron chi connectivity index (χ3n) is 10.0. The summed E-state index contributed by atoms with van der Waals surface area (Å²) in [7, 11) is 0. The summed E-state index contributed by atoms with van der Waals surface area (Å²) in [6.45, 7) is 8.27. The number of hydrogen-bond donors (Lipinski definition) is 0. The lowest BCUT2D eigenvalue weighted by molar-refractivity contribution is -0.697. The summed E-state index contributed by atoms with van der Waals surface area (Å²) < 4.78 is 5.03. The molecule has 0 radical (unpaired) electrons. The highest BCUT2D eigenvalue weighted by atomic mass is 15.1. The van der Waals surface area contributed by atoms with Gasteiger partial charge in [-0.3, -0.25) is 0 Å². The average Bonchev–Trinajstić information content (AvgIpc) is 3.52. The molecule has 2 unspecified atom stereocenters. The van der Waals surface area contributed by atoms with Crippen LogP contribution in [-0.2, 0) is 18.4 Å². The van der Waals surface area contributed by atoms with Crippen LogP contribution in [0.3, 0.4) is 0 Å². The summed E-state index contributed by atoms with van der Waals surface area (Å²) in [5.74, 6) is 0. The molecular formula is C42H67N2+. The summed E-state index contributed by atoms with van der Waals surface area (Å²) in [6.07, 6.45) is 35.7. The highest BCUT2D eigenvalue weighted by Gasteiger charge is 2.40. The Bertz CT molecular complexity index is 1070. The molecule has 0 bridgehead atoms. The van der Waals surface area contributed by atoms with Crippen LogP contribution in [0.5, 0.6) is 0 Å². The molecule has 3 aromatic rings. The maximum atomic E-state index is 2.58. The first kappa shape index (κ1) is 36.1. The van der Waals surface area contributed by atoms with E-state index in [9.17, 15) is 0 Å². The largest absolute Gasteiger partial charge is 0.244 e. The second kappa shape index (κ2) is 22.2. The van der Waals surface area contributed by atoms with E-state index in [0.717, 1.165) is 13.0 Å². The number of aromatic nitrogens is 2. The molecule has 0 N–H and O–H groups in total. The Hall–Kier alpha value is -2.35. The van der Waals surface area contributed by atoms with Crippen molar-refractivity contribution in [2.75, 3.05) is 0 Å². The fourth-order valence-corrected chi connectivity index (χ4v) is 7.21. The van der Waals surface area contributed by atoms with E-state index >= 15 is 0 Å². The van der Waals surface area contributed by atoms with Crippen LogP contribution in [0.1, 0.15) is 166 Å². The minimum Gasteiger partial charge on any atom is -0.237 e. The number of aryl methyl sites for hydroxylation is 1. The quantitative estimate of drug-likeness (QED) is 0.0641. The van der Waals surface area contributed by atoms with E-state index in [-0.39, 0.29) is 5.41 Å². The van der Waals surface area contributed by atoms with Gasteiger partial charge in [-0.25, -0.2) is 9.13 Å². The van der Waals surface area contributed by atoms with Crippen LogP contribution in [0.25, 0.3) is 0 Å². The number of unbranched alkanes of at least 4 members (excludes halogenated alkanes) is 17. The molecule has 2 atom stereocenters. The van der Waals surface area contributed by atoms with Gasteiger partial charge in [-0.1, -0.05) is 184 Å². The Morgan fingerprint density at radius 3 is 1.61 bits per heavy atom. The number of benzene rings is 2. The summed E-state index contributed by atoms with van der Waals surface area (Å²) >= 11 is 0. The van der Waals surface area contributed by atoms with Crippen molar-refractivity contribution in [2.24, 2.45) is 0 Å². The topological polar surface area (TPSA) is 8.81 Å². The molecule has 2 nitrogen and oxygen atoms in total. The van der Waals surface area contributed by atoms with Crippen LogP contribution >= 0.6 is 0 Å². The van der Waals surface area contributed by atoms with Gasteiger partial charge in [0, 0.05) is 5.41 Å². The van der Waals surface area contributed by atoms with Gasteiger partial charge < -0.3 is 0 Å². The van der Waals surface area contributed by atoms with Crippen LogP contribution in [0.2, 0.25) is 0 Å². The molecule has 0 saturated heterocycles. The maximum Gasteiger partial charge on any atom is 0.244 e. The van der Waals surface area contributed by atoms with Crippen molar-refractivity contribution >= 4 is 0 Å². The molecule has 1 aromatic heterocycles. The Morgan fingerprint density at radius 2 is 1.07 bits per heavy atom. The lowest BCUT2D eigenvalue weighted by atomic mass is 9.70. The van der Waals surface area contributed by atoms with Gasteiger partial charge in [0.1, 0.15) is 18.4 Å². The highest BCUT2D eigenvalue weighted by Crippen LogP contribution is 2.41. The molecule has 3 rings (SSSR count). The van der Waals surface area contributed by atoms with E-state index in [2.05, 4.69) is 109 Å². The molecule has 0 aliphatic rings. The Balaban J connectivity index is 1.63. The van der Waals surface area contributed by atoms with Gasteiger partial charge in [0.25, 0.3) is 0 Å². The van der Waals surface area contributed by atoms with E-state index in [1.165, 1.54) is 140 Å². The van der Waals surface area contributed by atoms with Crippen LogP contribution < -0.4 is 4.57 Å². The number of imidazole rings is 1. The van der Waals surface area contributed by atoms with Crippen molar-refractivity contribution in [1.82, 2.24) is 4.57 Å². The zero-order chi connectivity index (χ0) is 31.1. The third kappa shape index (κ3) is 13.3. The van der Waals surface area contributed by atoms with Gasteiger partial charge in [-0.2, -0.15) is 0 Å². The summed E-state index contributed by atoms with van der Waals surface area (Å²) in [4.78, 5) is 0. The smallest absolute Gasteiger partial charge is 0.237 e. The van der Waals surface area contributed by atoms with Crippen LogP contribution in [0.15, 0.2) is 79.4 Å². The van der Waals surface area contributed by atoms with Gasteiger partial charge in [-0.15, -0.1) is 0 Å². The van der Waals surface area contributed by atoms with Gasteiger partial charge in [0.2, 0.25) is 6.33 Å². The van der Waals surface area contributed by atoms with Crippen molar-refractivity contribution in [3.8, 4) is 0 Å². The van der Waals surface area contributed by atoms with E-state index in [4.69, 9.17) is 0 Å². The van der Waals surface area contributed by atoms with E-state index in [1.54, 1.807) is 0 Å². The third-order valence-corrected chi connectivity index (χ3v) is 10.0. The molecule has 2 heteroatoms. The standard InChI is InChI=1S/C42H67N2/c1-4-6-8-10-12-13-14-15-16-17-19-27-33-41(44-36-35-43(38-44)34-28-20-18-11-9-7-5-2)42(3,40-31-25-22-26-32-40)37-39-29-23-21-24-30-39/h21-26,29-32,35-36,38,41H,4-20,27-28,33-34,37H2,1-3H3/q+1. The zero-order valence-corrected chi connectivity index (χ0v) is 29.0. The second-order valence-corrected chi connectivity index (χ2v) is 13.9. The van der Waals surface area contributed by atoms with Crippen LogP contribution in [0, 0.1) is 0 Å². The predicted octanol–water partition coefficient (Wildman–Crippen LogP) is 12.4. The summed E-state index contributed by atoms with van der Waals surface area (Å²) in [6, 6.07) is 23.0. The minimum atomic E-state index is 0.0104. The van der Waals surface area contributed by atoms with Gasteiger partial charge in [-0.05, 0) is 43.2 Å². The van der Waals surface area contributed by atoms with E-state index < -0.39 is 0 Å². The Kier molecular flexibility index (Phi) is 18.2. The molecular weight excluding hydrogens is 532 g/mol. The van der Waals surface area contributed by atoms with Crippen molar-refractivity contribution in [1.29, 1.82) is 0 Å². The van der Waals surface area contributed by atoms with E-state index in [0.29, 0.717) is 6.04 Å². The van der Waals surface area contributed by atoms with Crippen molar-refractivity contribution in [3.05, 3.63) is 90.5 Å². The molecule has 244 valence electrons. The van der Waals surface area contributed by atoms with Gasteiger partial charge >= 0.3 is 0 Å². The molecule has 2 aromatic carbocycles. The Labute approximate surface area is 272 Å². The first-order valence-corrected chi connectivity index (χ1v) is 18.8.